The smallest absolute Gasteiger partial charge is 0.257 e. The van der Waals surface area contributed by atoms with Gasteiger partial charge in [0, 0.05) is 42.7 Å². The van der Waals surface area contributed by atoms with Gasteiger partial charge >= 0.3 is 0 Å². The minimum absolute atomic E-state index is 0.138. The fraction of sp³-hybridized carbons (Fsp3) is 0.500. The van der Waals surface area contributed by atoms with Gasteiger partial charge in [0.05, 0.1) is 11.1 Å². The van der Waals surface area contributed by atoms with Crippen molar-refractivity contribution >= 4 is 28.4 Å². The molecule has 41 heavy (non-hydrogen) atoms. The monoisotopic (exact) mass is 560 g/mol. The summed E-state index contributed by atoms with van der Waals surface area (Å²) < 4.78 is 13.2. The molecular weight excluding hydrogens is 519 g/mol. The SMILES string of the molecule is CCCCC(CCCC(=O)C(=O)c1c[nH]c2cc(O)c(C(=O)N3CCC(Cc4ccc(F)cc4)CC3)cc12)C1CC1. The number of carbonyl (C=O) groups is 3. The summed E-state index contributed by atoms with van der Waals surface area (Å²) >= 11 is 0. The Morgan fingerprint density at radius 1 is 1.00 bits per heavy atom. The van der Waals surface area contributed by atoms with E-state index in [1.165, 1.54) is 56.5 Å². The van der Waals surface area contributed by atoms with Crippen molar-refractivity contribution < 1.29 is 23.9 Å². The standard InChI is InChI=1S/C34H41FN2O4/c1-2-3-5-24(25-10-11-25)6-4-7-31(38)33(40)29-21-36-30-20-32(39)28(19-27(29)30)34(41)37-16-14-23(15-17-37)18-22-8-12-26(35)13-9-22/h8-9,12-13,19-21,23-25,36,39H,2-7,10-11,14-18H2,1H3. The highest BCUT2D eigenvalue weighted by Crippen LogP contribution is 2.42. The van der Waals surface area contributed by atoms with Crippen molar-refractivity contribution in [3.8, 4) is 5.75 Å². The number of phenolic OH excluding ortho intramolecular Hbond substituents is 1. The van der Waals surface area contributed by atoms with E-state index in [1.807, 2.05) is 0 Å². The van der Waals surface area contributed by atoms with Crippen LogP contribution in [0.15, 0.2) is 42.6 Å². The number of hydrogen-bond donors (Lipinski definition) is 2. The second-order valence-electron chi connectivity index (χ2n) is 12.1. The fourth-order valence-corrected chi connectivity index (χ4v) is 6.42. The van der Waals surface area contributed by atoms with Gasteiger partial charge in [0.1, 0.15) is 11.6 Å². The Hall–Kier alpha value is -3.48. The van der Waals surface area contributed by atoms with Crippen LogP contribution < -0.4 is 0 Å². The van der Waals surface area contributed by atoms with Crippen LogP contribution in [0.3, 0.4) is 0 Å². The molecule has 2 aromatic carbocycles. The van der Waals surface area contributed by atoms with Crippen LogP contribution in [-0.4, -0.2) is 45.6 Å². The molecule has 2 aliphatic rings. The molecule has 1 saturated carbocycles. The number of piperidine rings is 1. The summed E-state index contributed by atoms with van der Waals surface area (Å²) in [5, 5.41) is 11.1. The van der Waals surface area contributed by atoms with E-state index in [1.54, 1.807) is 23.1 Å². The summed E-state index contributed by atoms with van der Waals surface area (Å²) in [6.07, 6.45) is 12.1. The van der Waals surface area contributed by atoms with Crippen molar-refractivity contribution in [3.05, 3.63) is 65.1 Å². The highest BCUT2D eigenvalue weighted by atomic mass is 19.1. The number of benzene rings is 2. The van der Waals surface area contributed by atoms with E-state index in [9.17, 15) is 23.9 Å². The predicted octanol–water partition coefficient (Wildman–Crippen LogP) is 7.25. The molecular formula is C34H41FN2O4. The molecule has 2 fully saturated rings. The lowest BCUT2D eigenvalue weighted by Crippen LogP contribution is -2.39. The molecule has 3 aromatic rings. The number of halogens is 1. The predicted molar refractivity (Wildman–Crippen MR) is 158 cm³/mol. The zero-order chi connectivity index (χ0) is 28.9. The van der Waals surface area contributed by atoms with E-state index < -0.39 is 11.6 Å². The minimum Gasteiger partial charge on any atom is -0.507 e. The summed E-state index contributed by atoms with van der Waals surface area (Å²) in [4.78, 5) is 44.1. The average Bonchev–Trinajstić information content (AvgIpc) is 3.74. The van der Waals surface area contributed by atoms with Gasteiger partial charge < -0.3 is 15.0 Å². The number of ketones is 2. The number of unbranched alkanes of at least 4 members (excludes halogenated alkanes) is 1. The number of likely N-dealkylation sites (tertiary alicyclic amines) is 1. The zero-order valence-electron chi connectivity index (χ0n) is 24.0. The van der Waals surface area contributed by atoms with E-state index in [0.717, 1.165) is 43.6 Å². The number of aromatic amines is 1. The normalized spacial score (nSPS) is 16.7. The van der Waals surface area contributed by atoms with E-state index in [4.69, 9.17) is 0 Å². The van der Waals surface area contributed by atoms with Gasteiger partial charge in [-0.25, -0.2) is 4.39 Å². The van der Waals surface area contributed by atoms with E-state index in [2.05, 4.69) is 11.9 Å². The van der Waals surface area contributed by atoms with Crippen LogP contribution in [0, 0.1) is 23.6 Å². The van der Waals surface area contributed by atoms with Crippen molar-refractivity contribution in [1.29, 1.82) is 0 Å². The molecule has 1 amide bonds. The summed E-state index contributed by atoms with van der Waals surface area (Å²) in [5.41, 5.74) is 1.99. The number of aromatic nitrogens is 1. The number of amides is 1. The summed E-state index contributed by atoms with van der Waals surface area (Å²) in [7, 11) is 0. The minimum atomic E-state index is -0.543. The number of fused-ring (bicyclic) bond motifs is 1. The molecule has 6 nitrogen and oxygen atoms in total. The van der Waals surface area contributed by atoms with Crippen LogP contribution >= 0.6 is 0 Å². The van der Waals surface area contributed by atoms with Gasteiger partial charge in [-0.05, 0) is 86.5 Å². The molecule has 2 N–H and O–H groups in total. The molecule has 2 heterocycles. The van der Waals surface area contributed by atoms with Crippen LogP contribution in [0.2, 0.25) is 0 Å². The summed E-state index contributed by atoms with van der Waals surface area (Å²) in [6, 6.07) is 9.55. The number of phenols is 1. The maximum Gasteiger partial charge on any atom is 0.257 e. The number of Topliss-reactive ketones (excluding diaryl/α,β-unsaturated/α-hetero) is 2. The van der Waals surface area contributed by atoms with Gasteiger partial charge in [0.2, 0.25) is 11.6 Å². The Balaban J connectivity index is 1.20. The van der Waals surface area contributed by atoms with Crippen LogP contribution in [0.5, 0.6) is 5.75 Å². The third-order valence-electron chi connectivity index (χ3n) is 9.06. The van der Waals surface area contributed by atoms with Gasteiger partial charge in [-0.2, -0.15) is 0 Å². The molecule has 1 aliphatic carbocycles. The number of rotatable bonds is 13. The molecule has 5 rings (SSSR count). The number of hydrogen-bond acceptors (Lipinski definition) is 4. The van der Waals surface area contributed by atoms with Crippen LogP contribution in [0.25, 0.3) is 10.9 Å². The van der Waals surface area contributed by atoms with Gasteiger partial charge in [0.25, 0.3) is 5.91 Å². The Labute approximate surface area is 241 Å². The highest BCUT2D eigenvalue weighted by molar-refractivity contribution is 6.45. The van der Waals surface area contributed by atoms with Crippen LogP contribution in [0.4, 0.5) is 4.39 Å². The van der Waals surface area contributed by atoms with Crippen molar-refractivity contribution in [2.24, 2.45) is 17.8 Å². The maximum absolute atomic E-state index is 13.4. The van der Waals surface area contributed by atoms with Gasteiger partial charge in [-0.15, -0.1) is 0 Å². The number of H-pyrrole nitrogens is 1. The lowest BCUT2D eigenvalue weighted by Gasteiger charge is -2.32. The molecule has 218 valence electrons. The summed E-state index contributed by atoms with van der Waals surface area (Å²) in [5.74, 6) is 0.225. The Bertz CT molecular complexity index is 1380. The first-order chi connectivity index (χ1) is 19.8. The number of aromatic hydroxyl groups is 1. The number of carbonyl (C=O) groups excluding carboxylic acids is 3. The van der Waals surface area contributed by atoms with Gasteiger partial charge in [0.15, 0.2) is 0 Å². The lowest BCUT2D eigenvalue weighted by atomic mass is 9.90. The Morgan fingerprint density at radius 2 is 1.71 bits per heavy atom. The topological polar surface area (TPSA) is 90.5 Å². The van der Waals surface area contributed by atoms with Crippen molar-refractivity contribution in [3.63, 3.8) is 0 Å². The van der Waals surface area contributed by atoms with E-state index in [0.29, 0.717) is 35.8 Å². The Morgan fingerprint density at radius 3 is 2.39 bits per heavy atom. The first kappa shape index (κ1) is 29.0. The molecule has 1 aromatic heterocycles. The molecule has 0 bridgehead atoms. The lowest BCUT2D eigenvalue weighted by molar-refractivity contribution is -0.115. The molecule has 1 aliphatic heterocycles. The maximum atomic E-state index is 13.4. The first-order valence-electron chi connectivity index (χ1n) is 15.3. The Kier molecular flexibility index (Phi) is 9.21. The number of nitrogens with zero attached hydrogens (tertiary/aromatic N) is 1. The summed E-state index contributed by atoms with van der Waals surface area (Å²) in [6.45, 7) is 3.31. The molecule has 1 saturated heterocycles. The second kappa shape index (κ2) is 13.0. The van der Waals surface area contributed by atoms with Crippen molar-refractivity contribution in [1.82, 2.24) is 9.88 Å². The molecule has 0 spiro atoms. The molecule has 1 atom stereocenters. The number of nitrogens with one attached hydrogen (secondary N) is 1. The molecule has 0 radical (unpaired) electrons. The zero-order valence-corrected chi connectivity index (χ0v) is 24.0. The largest absolute Gasteiger partial charge is 0.507 e. The fourth-order valence-electron chi connectivity index (χ4n) is 6.42. The van der Waals surface area contributed by atoms with E-state index in [-0.39, 0.29) is 35.0 Å². The van der Waals surface area contributed by atoms with E-state index >= 15 is 0 Å². The second-order valence-corrected chi connectivity index (χ2v) is 12.1. The van der Waals surface area contributed by atoms with Crippen molar-refractivity contribution in [2.75, 3.05) is 13.1 Å². The first-order valence-corrected chi connectivity index (χ1v) is 15.3. The van der Waals surface area contributed by atoms with Gasteiger partial charge in [-0.1, -0.05) is 38.3 Å². The average molecular weight is 561 g/mol. The third-order valence-corrected chi connectivity index (χ3v) is 9.06. The quantitative estimate of drug-likeness (QED) is 0.170. The van der Waals surface area contributed by atoms with Crippen molar-refractivity contribution in [2.45, 2.75) is 77.6 Å². The molecule has 7 heteroatoms. The van der Waals surface area contributed by atoms with Crippen LogP contribution in [0.1, 0.15) is 97.4 Å². The van der Waals surface area contributed by atoms with Crippen LogP contribution in [-0.2, 0) is 11.2 Å². The molecule has 1 unspecified atom stereocenters. The third kappa shape index (κ3) is 7.06. The highest BCUT2D eigenvalue weighted by Gasteiger charge is 2.31. The van der Waals surface area contributed by atoms with Gasteiger partial charge in [-0.3, -0.25) is 14.4 Å².